The van der Waals surface area contributed by atoms with Gasteiger partial charge in [0, 0.05) is 16.5 Å². The lowest BCUT2D eigenvalue weighted by Crippen LogP contribution is -2.11. The molecule has 25 heavy (non-hydrogen) atoms. The van der Waals surface area contributed by atoms with Crippen LogP contribution in [-0.4, -0.2) is 10.9 Å². The number of nitrogens with zero attached hydrogens (tertiary/aromatic N) is 1. The Morgan fingerprint density at radius 1 is 1.16 bits per heavy atom. The molecule has 1 N–H and O–H groups in total. The van der Waals surface area contributed by atoms with Gasteiger partial charge in [-0.15, -0.1) is 11.3 Å². The van der Waals surface area contributed by atoms with Gasteiger partial charge in [0.2, 0.25) is 0 Å². The molecule has 0 unspecified atom stereocenters. The van der Waals surface area contributed by atoms with Gasteiger partial charge in [-0.3, -0.25) is 10.1 Å². The Balaban J connectivity index is 1.71. The second kappa shape index (κ2) is 7.62. The van der Waals surface area contributed by atoms with Crippen molar-refractivity contribution in [1.82, 2.24) is 4.98 Å². The van der Waals surface area contributed by atoms with Crippen molar-refractivity contribution < 1.29 is 4.79 Å². The summed E-state index contributed by atoms with van der Waals surface area (Å²) in [6, 6.07) is 16.0. The number of thiazole rings is 1. The smallest absolute Gasteiger partial charge is 0.257 e. The van der Waals surface area contributed by atoms with Gasteiger partial charge in [-0.1, -0.05) is 55.8 Å². The molecule has 0 aliphatic heterocycles. The topological polar surface area (TPSA) is 42.0 Å². The highest BCUT2D eigenvalue weighted by Crippen LogP contribution is 2.26. The number of nitrogens with one attached hydrogen (secondary N) is 1. The number of aromatic nitrogens is 1. The average Bonchev–Trinajstić information content (AvgIpc) is 3.03. The zero-order valence-electron chi connectivity index (χ0n) is 14.7. The first-order chi connectivity index (χ1) is 12.0. The highest BCUT2D eigenvalue weighted by molar-refractivity contribution is 7.14. The number of carbonyl (C=O) groups is 1. The maximum atomic E-state index is 12.3. The minimum Gasteiger partial charge on any atom is -0.298 e. The molecular weight excluding hydrogens is 328 g/mol. The number of hydrogen-bond donors (Lipinski definition) is 1. The van der Waals surface area contributed by atoms with Crippen LogP contribution in [0, 0.1) is 12.8 Å². The summed E-state index contributed by atoms with van der Waals surface area (Å²) in [4.78, 5) is 16.9. The summed E-state index contributed by atoms with van der Waals surface area (Å²) in [5, 5.41) is 5.48. The number of aryl methyl sites for hydroxylation is 1. The molecule has 0 saturated carbocycles. The van der Waals surface area contributed by atoms with E-state index in [1.54, 1.807) is 0 Å². The van der Waals surface area contributed by atoms with Crippen LogP contribution in [0.3, 0.4) is 0 Å². The average molecular weight is 350 g/mol. The molecule has 0 spiro atoms. The number of anilines is 1. The molecule has 3 rings (SSSR count). The lowest BCUT2D eigenvalue weighted by Gasteiger charge is -2.05. The van der Waals surface area contributed by atoms with Crippen LogP contribution >= 0.6 is 11.3 Å². The van der Waals surface area contributed by atoms with Crippen LogP contribution in [0.4, 0.5) is 5.13 Å². The Bertz CT molecular complexity index is 866. The van der Waals surface area contributed by atoms with Gasteiger partial charge in [0.15, 0.2) is 5.13 Å². The number of rotatable bonds is 5. The highest BCUT2D eigenvalue weighted by atomic mass is 32.1. The van der Waals surface area contributed by atoms with E-state index in [4.69, 9.17) is 0 Å². The molecule has 3 aromatic rings. The molecule has 2 aromatic carbocycles. The minimum atomic E-state index is -0.128. The van der Waals surface area contributed by atoms with E-state index in [-0.39, 0.29) is 5.91 Å². The molecule has 128 valence electrons. The van der Waals surface area contributed by atoms with Crippen molar-refractivity contribution in [3.63, 3.8) is 0 Å². The van der Waals surface area contributed by atoms with E-state index in [1.807, 2.05) is 36.6 Å². The zero-order valence-corrected chi connectivity index (χ0v) is 15.6. The Morgan fingerprint density at radius 2 is 1.92 bits per heavy atom. The quantitative estimate of drug-likeness (QED) is 0.653. The molecule has 1 heterocycles. The zero-order chi connectivity index (χ0) is 17.8. The van der Waals surface area contributed by atoms with E-state index in [0.717, 1.165) is 23.2 Å². The Labute approximate surface area is 152 Å². The Hall–Kier alpha value is -2.46. The van der Waals surface area contributed by atoms with Crippen molar-refractivity contribution in [2.45, 2.75) is 27.2 Å². The van der Waals surface area contributed by atoms with Gasteiger partial charge in [0.25, 0.3) is 5.91 Å². The fourth-order valence-corrected chi connectivity index (χ4v) is 3.42. The summed E-state index contributed by atoms with van der Waals surface area (Å²) in [6.45, 7) is 6.41. The molecule has 0 radical (unpaired) electrons. The van der Waals surface area contributed by atoms with E-state index in [9.17, 15) is 4.79 Å². The molecule has 0 saturated heterocycles. The molecular formula is C21H22N2OS. The third-order valence-electron chi connectivity index (χ3n) is 3.90. The van der Waals surface area contributed by atoms with E-state index in [1.165, 1.54) is 16.9 Å². The second-order valence-electron chi connectivity index (χ2n) is 6.66. The lowest BCUT2D eigenvalue weighted by molar-refractivity contribution is 0.102. The van der Waals surface area contributed by atoms with Crippen molar-refractivity contribution in [2.75, 3.05) is 5.32 Å². The highest BCUT2D eigenvalue weighted by Gasteiger charge is 2.10. The number of benzene rings is 2. The second-order valence-corrected chi connectivity index (χ2v) is 7.51. The van der Waals surface area contributed by atoms with Crippen LogP contribution in [0.1, 0.15) is 35.3 Å². The molecule has 1 aromatic heterocycles. The maximum absolute atomic E-state index is 12.3. The fourth-order valence-electron chi connectivity index (χ4n) is 2.70. The normalized spacial score (nSPS) is 10.9. The summed E-state index contributed by atoms with van der Waals surface area (Å²) < 4.78 is 0. The summed E-state index contributed by atoms with van der Waals surface area (Å²) in [6.07, 6.45) is 1.08. The SMILES string of the molecule is Cc1cccc(C(=O)Nc2nc(-c3ccc(CC(C)C)cc3)cs2)c1. The summed E-state index contributed by atoms with van der Waals surface area (Å²) in [5.74, 6) is 0.519. The molecule has 0 aliphatic carbocycles. The van der Waals surface area contributed by atoms with Crippen LogP contribution < -0.4 is 5.32 Å². The van der Waals surface area contributed by atoms with Gasteiger partial charge < -0.3 is 0 Å². The molecule has 1 amide bonds. The van der Waals surface area contributed by atoms with Crippen LogP contribution in [0.15, 0.2) is 53.9 Å². The van der Waals surface area contributed by atoms with E-state index in [0.29, 0.717) is 16.6 Å². The molecule has 0 aliphatic rings. The first-order valence-electron chi connectivity index (χ1n) is 8.44. The van der Waals surface area contributed by atoms with Gasteiger partial charge >= 0.3 is 0 Å². The number of hydrogen-bond acceptors (Lipinski definition) is 3. The van der Waals surface area contributed by atoms with Crippen molar-refractivity contribution in [3.8, 4) is 11.3 Å². The van der Waals surface area contributed by atoms with Crippen molar-refractivity contribution in [1.29, 1.82) is 0 Å². The van der Waals surface area contributed by atoms with Gasteiger partial charge in [-0.25, -0.2) is 4.98 Å². The first-order valence-corrected chi connectivity index (χ1v) is 9.32. The van der Waals surface area contributed by atoms with Crippen LogP contribution in [-0.2, 0) is 6.42 Å². The monoisotopic (exact) mass is 350 g/mol. The minimum absolute atomic E-state index is 0.128. The predicted molar refractivity (Wildman–Crippen MR) is 105 cm³/mol. The van der Waals surface area contributed by atoms with Crippen molar-refractivity contribution >= 4 is 22.4 Å². The standard InChI is InChI=1S/C21H22N2OS/c1-14(2)11-16-7-9-17(10-8-16)19-13-25-21(22-19)23-20(24)18-6-4-5-15(3)12-18/h4-10,12-14H,11H2,1-3H3,(H,22,23,24). The molecule has 0 atom stereocenters. The van der Waals surface area contributed by atoms with Crippen LogP contribution in [0.2, 0.25) is 0 Å². The van der Waals surface area contributed by atoms with Gasteiger partial charge in [-0.05, 0) is 37.0 Å². The third kappa shape index (κ3) is 4.54. The van der Waals surface area contributed by atoms with E-state index < -0.39 is 0 Å². The van der Waals surface area contributed by atoms with Crippen LogP contribution in [0.5, 0.6) is 0 Å². The maximum Gasteiger partial charge on any atom is 0.257 e. The van der Waals surface area contributed by atoms with Gasteiger partial charge in [0.1, 0.15) is 0 Å². The Morgan fingerprint density at radius 3 is 2.60 bits per heavy atom. The number of amides is 1. The lowest BCUT2D eigenvalue weighted by atomic mass is 10.0. The first kappa shape index (κ1) is 17.4. The van der Waals surface area contributed by atoms with E-state index in [2.05, 4.69) is 48.4 Å². The summed E-state index contributed by atoms with van der Waals surface area (Å²) in [5.41, 5.74) is 5.01. The summed E-state index contributed by atoms with van der Waals surface area (Å²) in [7, 11) is 0. The predicted octanol–water partition coefficient (Wildman–Crippen LogP) is 5.57. The van der Waals surface area contributed by atoms with Crippen molar-refractivity contribution in [2.24, 2.45) is 5.92 Å². The van der Waals surface area contributed by atoms with Crippen LogP contribution in [0.25, 0.3) is 11.3 Å². The summed E-state index contributed by atoms with van der Waals surface area (Å²) >= 11 is 1.44. The third-order valence-corrected chi connectivity index (χ3v) is 4.66. The molecule has 4 heteroatoms. The Kier molecular flexibility index (Phi) is 5.29. The largest absolute Gasteiger partial charge is 0.298 e. The van der Waals surface area contributed by atoms with E-state index >= 15 is 0 Å². The van der Waals surface area contributed by atoms with Gasteiger partial charge in [-0.2, -0.15) is 0 Å². The van der Waals surface area contributed by atoms with Gasteiger partial charge in [0.05, 0.1) is 5.69 Å². The molecule has 0 bridgehead atoms. The number of carbonyl (C=O) groups excluding carboxylic acids is 1. The van der Waals surface area contributed by atoms with Crippen molar-refractivity contribution in [3.05, 3.63) is 70.6 Å². The fraction of sp³-hybridized carbons (Fsp3) is 0.238. The molecule has 0 fully saturated rings. The molecule has 3 nitrogen and oxygen atoms in total.